The first-order chi connectivity index (χ1) is 16.0. The number of pyridine rings is 1. The molecule has 2 aromatic rings. The fourth-order valence-corrected chi connectivity index (χ4v) is 4.55. The second-order valence-corrected chi connectivity index (χ2v) is 10.0. The van der Waals surface area contributed by atoms with E-state index in [0.29, 0.717) is 42.1 Å². The van der Waals surface area contributed by atoms with Crippen LogP contribution in [0, 0.1) is 18.3 Å². The van der Waals surface area contributed by atoms with E-state index in [4.69, 9.17) is 14.0 Å². The van der Waals surface area contributed by atoms with E-state index in [1.165, 1.54) is 6.20 Å². The third-order valence-electron chi connectivity index (χ3n) is 7.23. The highest BCUT2D eigenvalue weighted by Crippen LogP contribution is 2.37. The lowest BCUT2D eigenvalue weighted by molar-refractivity contribution is 0.00578. The summed E-state index contributed by atoms with van der Waals surface area (Å²) in [7, 11) is -0.510. The molecular formula is C26H32BN3O4. The quantitative estimate of drug-likeness (QED) is 0.632. The van der Waals surface area contributed by atoms with Gasteiger partial charge < -0.3 is 18.9 Å². The van der Waals surface area contributed by atoms with Crippen LogP contribution in [0.3, 0.4) is 0 Å². The fraction of sp³-hybridized carbons (Fsp3) is 0.500. The Labute approximate surface area is 202 Å². The van der Waals surface area contributed by atoms with Crippen LogP contribution in [0.4, 0.5) is 0 Å². The molecule has 0 N–H and O–H groups in total. The van der Waals surface area contributed by atoms with Crippen LogP contribution in [0.1, 0.15) is 80.3 Å². The zero-order valence-electron chi connectivity index (χ0n) is 21.1. The predicted octanol–water partition coefficient (Wildman–Crippen LogP) is 3.72. The Kier molecular flexibility index (Phi) is 6.22. The Morgan fingerprint density at radius 2 is 1.91 bits per heavy atom. The van der Waals surface area contributed by atoms with Crippen molar-refractivity contribution in [3.8, 4) is 11.8 Å². The maximum absolute atomic E-state index is 13.7. The third kappa shape index (κ3) is 4.08. The number of carbonyl (C=O) groups excluding carboxylic acids is 1. The number of benzene rings is 1. The molecule has 1 fully saturated rings. The van der Waals surface area contributed by atoms with E-state index >= 15 is 0 Å². The summed E-state index contributed by atoms with van der Waals surface area (Å²) in [6.07, 6.45) is 2.21. The van der Waals surface area contributed by atoms with Gasteiger partial charge in [0, 0.05) is 24.4 Å². The summed E-state index contributed by atoms with van der Waals surface area (Å²) < 4.78 is 18.2. The van der Waals surface area contributed by atoms with Gasteiger partial charge in [0.05, 0.1) is 29.5 Å². The van der Waals surface area contributed by atoms with Crippen molar-refractivity contribution in [2.24, 2.45) is 0 Å². The molecule has 1 aromatic carbocycles. The molecule has 0 spiro atoms. The lowest BCUT2D eigenvalue weighted by atomic mass is 9.72. The Balaban J connectivity index is 1.66. The van der Waals surface area contributed by atoms with Gasteiger partial charge in [-0.15, -0.1) is 0 Å². The minimum atomic E-state index is -0.510. The Hall–Kier alpha value is -2.89. The Bertz CT molecular complexity index is 1160. The molecule has 1 aromatic heterocycles. The van der Waals surface area contributed by atoms with Crippen LogP contribution in [0.5, 0.6) is 5.75 Å². The van der Waals surface area contributed by atoms with Gasteiger partial charge in [-0.05, 0) is 72.0 Å². The fourth-order valence-electron chi connectivity index (χ4n) is 4.55. The highest BCUT2D eigenvalue weighted by atomic mass is 16.7. The third-order valence-corrected chi connectivity index (χ3v) is 7.23. The number of amides is 1. The monoisotopic (exact) mass is 461 g/mol. The standard InChI is InChI=1S/C26H32BN3O4/c1-8-32-23-13-22(29-15-18(23)14-28)17(3)30-10-9-19-20(24(30)31)11-16(2)12-21(19)27-33-25(4,5)26(6,7)34-27/h11-13,15,17H,8-10H2,1-7H3. The molecule has 7 nitrogen and oxygen atoms in total. The number of aromatic nitrogens is 1. The topological polar surface area (TPSA) is 84.7 Å². The van der Waals surface area contributed by atoms with Gasteiger partial charge in [-0.3, -0.25) is 9.78 Å². The average molecular weight is 461 g/mol. The molecule has 1 unspecified atom stereocenters. The van der Waals surface area contributed by atoms with Crippen LogP contribution in [0.2, 0.25) is 0 Å². The number of rotatable bonds is 5. The lowest BCUT2D eigenvalue weighted by Gasteiger charge is -2.34. The van der Waals surface area contributed by atoms with Crippen molar-refractivity contribution in [1.29, 1.82) is 5.26 Å². The van der Waals surface area contributed by atoms with Crippen molar-refractivity contribution in [3.05, 3.63) is 52.3 Å². The van der Waals surface area contributed by atoms with Gasteiger partial charge in [-0.2, -0.15) is 5.26 Å². The number of hydrogen-bond donors (Lipinski definition) is 0. The summed E-state index contributed by atoms with van der Waals surface area (Å²) in [6.45, 7) is 14.9. The van der Waals surface area contributed by atoms with Crippen LogP contribution in [-0.4, -0.2) is 47.3 Å². The first-order valence-electron chi connectivity index (χ1n) is 11.8. The van der Waals surface area contributed by atoms with E-state index in [-0.39, 0.29) is 11.9 Å². The number of nitrogens with zero attached hydrogens (tertiary/aromatic N) is 3. The molecule has 1 saturated heterocycles. The molecule has 0 radical (unpaired) electrons. The van der Waals surface area contributed by atoms with Crippen molar-refractivity contribution < 1.29 is 18.8 Å². The number of carbonyl (C=O) groups is 1. The van der Waals surface area contributed by atoms with E-state index in [0.717, 1.165) is 16.6 Å². The lowest BCUT2D eigenvalue weighted by Crippen LogP contribution is -2.45. The first-order valence-corrected chi connectivity index (χ1v) is 11.8. The van der Waals surface area contributed by atoms with E-state index in [1.54, 1.807) is 6.07 Å². The van der Waals surface area contributed by atoms with Crippen molar-refractivity contribution in [2.75, 3.05) is 13.2 Å². The highest BCUT2D eigenvalue weighted by molar-refractivity contribution is 6.63. The molecule has 1 atom stereocenters. The zero-order chi connectivity index (χ0) is 24.8. The molecule has 2 aliphatic heterocycles. The van der Waals surface area contributed by atoms with Gasteiger partial charge in [0.15, 0.2) is 0 Å². The molecular weight excluding hydrogens is 429 g/mol. The van der Waals surface area contributed by atoms with Gasteiger partial charge in [0.1, 0.15) is 17.4 Å². The van der Waals surface area contributed by atoms with Crippen LogP contribution in [0.15, 0.2) is 24.4 Å². The molecule has 3 heterocycles. The number of nitriles is 1. The summed E-state index contributed by atoms with van der Waals surface area (Å²) in [5, 5.41) is 9.33. The van der Waals surface area contributed by atoms with Crippen molar-refractivity contribution in [2.45, 2.75) is 72.1 Å². The normalized spacial score (nSPS) is 19.5. The number of ether oxygens (including phenoxy) is 1. The number of hydrogen-bond acceptors (Lipinski definition) is 6. The first kappa shape index (κ1) is 24.2. The van der Waals surface area contributed by atoms with E-state index in [9.17, 15) is 10.1 Å². The largest absolute Gasteiger partial charge is 0.495 e. The maximum atomic E-state index is 13.7. The molecule has 0 saturated carbocycles. The second kappa shape index (κ2) is 8.72. The summed E-state index contributed by atoms with van der Waals surface area (Å²) in [5.74, 6) is 0.449. The smallest absolute Gasteiger partial charge is 0.492 e. The van der Waals surface area contributed by atoms with E-state index < -0.39 is 18.3 Å². The van der Waals surface area contributed by atoms with Gasteiger partial charge >= 0.3 is 7.12 Å². The van der Waals surface area contributed by atoms with Crippen molar-refractivity contribution in [3.63, 3.8) is 0 Å². The summed E-state index contributed by atoms with van der Waals surface area (Å²) in [6, 6.07) is 7.62. The minimum absolute atomic E-state index is 0.0423. The summed E-state index contributed by atoms with van der Waals surface area (Å²) in [4.78, 5) is 20.0. The average Bonchev–Trinajstić information content (AvgIpc) is 3.00. The predicted molar refractivity (Wildman–Crippen MR) is 130 cm³/mol. The van der Waals surface area contributed by atoms with Crippen LogP contribution in [-0.2, 0) is 15.7 Å². The van der Waals surface area contributed by atoms with Gasteiger partial charge in [-0.1, -0.05) is 11.6 Å². The maximum Gasteiger partial charge on any atom is 0.495 e. The molecule has 2 aliphatic rings. The molecule has 34 heavy (non-hydrogen) atoms. The molecule has 0 bridgehead atoms. The summed E-state index contributed by atoms with van der Waals surface area (Å²) >= 11 is 0. The van der Waals surface area contributed by atoms with E-state index in [2.05, 4.69) is 17.1 Å². The number of aryl methyl sites for hydroxylation is 1. The van der Waals surface area contributed by atoms with Crippen LogP contribution in [0.25, 0.3) is 0 Å². The van der Waals surface area contributed by atoms with Crippen LogP contribution < -0.4 is 10.2 Å². The minimum Gasteiger partial charge on any atom is -0.492 e. The highest BCUT2D eigenvalue weighted by Gasteiger charge is 2.52. The van der Waals surface area contributed by atoms with Gasteiger partial charge in [0.25, 0.3) is 5.91 Å². The molecule has 0 aliphatic carbocycles. The van der Waals surface area contributed by atoms with Gasteiger partial charge in [0.2, 0.25) is 0 Å². The summed E-state index contributed by atoms with van der Waals surface area (Å²) in [5.41, 5.74) is 3.77. The second-order valence-electron chi connectivity index (χ2n) is 10.0. The van der Waals surface area contributed by atoms with E-state index in [1.807, 2.05) is 59.4 Å². The SMILES string of the molecule is CCOc1cc(C(C)N2CCc3c(B4OC(C)(C)C(C)(C)O4)cc(C)cc3C2=O)ncc1C#N. The van der Waals surface area contributed by atoms with Crippen LogP contribution >= 0.6 is 0 Å². The molecule has 178 valence electrons. The molecule has 4 rings (SSSR count). The molecule has 8 heteroatoms. The van der Waals surface area contributed by atoms with Gasteiger partial charge in [-0.25, -0.2) is 0 Å². The zero-order valence-corrected chi connectivity index (χ0v) is 21.1. The Morgan fingerprint density at radius 3 is 2.53 bits per heavy atom. The number of fused-ring (bicyclic) bond motifs is 1. The van der Waals surface area contributed by atoms with Crippen molar-refractivity contribution in [1.82, 2.24) is 9.88 Å². The molecule has 1 amide bonds. The Morgan fingerprint density at radius 1 is 1.24 bits per heavy atom. The van der Waals surface area contributed by atoms with Crippen molar-refractivity contribution >= 4 is 18.5 Å².